The highest BCUT2D eigenvalue weighted by molar-refractivity contribution is 9.10. The molecule has 0 aromatic heterocycles. The summed E-state index contributed by atoms with van der Waals surface area (Å²) in [4.78, 5) is 0. The van der Waals surface area contributed by atoms with E-state index in [2.05, 4.69) is 21.4 Å². The molecule has 0 spiro atoms. The molecular weight excluding hydrogens is 335 g/mol. The van der Waals surface area contributed by atoms with E-state index in [-0.39, 0.29) is 6.04 Å². The summed E-state index contributed by atoms with van der Waals surface area (Å²) in [5.41, 5.74) is 4.79. The summed E-state index contributed by atoms with van der Waals surface area (Å²) in [6.45, 7) is 0. The monoisotopic (exact) mass is 344 g/mol. The van der Waals surface area contributed by atoms with Gasteiger partial charge in [0.2, 0.25) is 0 Å². The fourth-order valence-electron chi connectivity index (χ4n) is 1.76. The molecule has 1 unspecified atom stereocenters. The van der Waals surface area contributed by atoms with Gasteiger partial charge in [-0.3, -0.25) is 5.84 Å². The van der Waals surface area contributed by atoms with Crippen LogP contribution in [0.1, 0.15) is 17.2 Å². The Hall–Kier alpha value is -0.580. The van der Waals surface area contributed by atoms with Gasteiger partial charge in [-0.05, 0) is 41.5 Å². The first-order valence-electron chi connectivity index (χ1n) is 5.28. The summed E-state index contributed by atoms with van der Waals surface area (Å²) in [5.74, 6) is 5.65. The average molecular weight is 346 g/mol. The van der Waals surface area contributed by atoms with Gasteiger partial charge in [-0.25, -0.2) is 5.43 Å². The lowest BCUT2D eigenvalue weighted by molar-refractivity contribution is 0.635. The molecule has 1 atom stereocenters. The van der Waals surface area contributed by atoms with E-state index in [1.807, 2.05) is 42.5 Å². The molecule has 2 nitrogen and oxygen atoms in total. The van der Waals surface area contributed by atoms with E-state index in [0.717, 1.165) is 15.6 Å². The van der Waals surface area contributed by atoms with Crippen LogP contribution >= 0.6 is 39.1 Å². The molecule has 0 amide bonds. The van der Waals surface area contributed by atoms with Gasteiger partial charge in [0.25, 0.3) is 0 Å². The molecule has 0 aliphatic rings. The first-order chi connectivity index (χ1) is 8.61. The number of hydrogen-bond acceptors (Lipinski definition) is 2. The Morgan fingerprint density at radius 1 is 1.00 bits per heavy atom. The van der Waals surface area contributed by atoms with Gasteiger partial charge in [0, 0.05) is 14.5 Å². The Morgan fingerprint density at radius 3 is 2.22 bits per heavy atom. The van der Waals surface area contributed by atoms with E-state index in [1.165, 1.54) is 0 Å². The molecule has 0 heterocycles. The molecule has 0 fully saturated rings. The van der Waals surface area contributed by atoms with Crippen LogP contribution in [0.2, 0.25) is 10.0 Å². The lowest BCUT2D eigenvalue weighted by atomic mass is 9.99. The normalized spacial score (nSPS) is 12.4. The van der Waals surface area contributed by atoms with Crippen LogP contribution in [-0.4, -0.2) is 0 Å². The largest absolute Gasteiger partial charge is 0.271 e. The maximum absolute atomic E-state index is 6.02. The van der Waals surface area contributed by atoms with Crippen molar-refractivity contribution in [3.8, 4) is 0 Å². The zero-order valence-corrected chi connectivity index (χ0v) is 12.4. The maximum Gasteiger partial charge on any atom is 0.0721 e. The zero-order chi connectivity index (χ0) is 13.1. The summed E-state index contributed by atoms with van der Waals surface area (Å²) in [6.07, 6.45) is 0. The predicted octanol–water partition coefficient (Wildman–Crippen LogP) is 4.31. The van der Waals surface area contributed by atoms with Crippen molar-refractivity contribution in [2.24, 2.45) is 5.84 Å². The molecule has 5 heteroatoms. The van der Waals surface area contributed by atoms with Crippen LogP contribution in [0.5, 0.6) is 0 Å². The number of nitrogens with one attached hydrogen (secondary N) is 1. The molecule has 0 bridgehead atoms. The fraction of sp³-hybridized carbons (Fsp3) is 0.0769. The molecule has 0 aliphatic heterocycles. The molecule has 0 aliphatic carbocycles. The molecule has 3 N–H and O–H groups in total. The number of hydrogen-bond donors (Lipinski definition) is 2. The van der Waals surface area contributed by atoms with Crippen LogP contribution in [0.4, 0.5) is 0 Å². The minimum absolute atomic E-state index is 0.143. The van der Waals surface area contributed by atoms with Crippen molar-refractivity contribution in [1.82, 2.24) is 5.43 Å². The van der Waals surface area contributed by atoms with E-state index >= 15 is 0 Å². The molecule has 2 rings (SSSR count). The van der Waals surface area contributed by atoms with Gasteiger partial charge in [0.05, 0.1) is 6.04 Å². The van der Waals surface area contributed by atoms with Gasteiger partial charge < -0.3 is 0 Å². The van der Waals surface area contributed by atoms with Crippen molar-refractivity contribution in [2.75, 3.05) is 0 Å². The van der Waals surface area contributed by atoms with Gasteiger partial charge in [-0.1, -0.05) is 51.3 Å². The standard InChI is InChI=1S/C13H11BrCl2N2/c14-12-6-5-10(16)7-11(12)13(18-17)8-1-3-9(15)4-2-8/h1-7,13,18H,17H2. The van der Waals surface area contributed by atoms with E-state index in [1.54, 1.807) is 0 Å². The number of rotatable bonds is 3. The number of benzene rings is 2. The van der Waals surface area contributed by atoms with E-state index in [4.69, 9.17) is 29.0 Å². The Labute approximate surface area is 124 Å². The molecule has 94 valence electrons. The molecule has 2 aromatic rings. The van der Waals surface area contributed by atoms with Crippen LogP contribution in [0.25, 0.3) is 0 Å². The first-order valence-corrected chi connectivity index (χ1v) is 6.83. The number of halogens is 3. The zero-order valence-electron chi connectivity index (χ0n) is 9.33. The van der Waals surface area contributed by atoms with Crippen LogP contribution < -0.4 is 11.3 Å². The highest BCUT2D eigenvalue weighted by Gasteiger charge is 2.15. The lowest BCUT2D eigenvalue weighted by Crippen LogP contribution is -2.29. The second kappa shape index (κ2) is 6.04. The average Bonchev–Trinajstić information content (AvgIpc) is 2.37. The maximum atomic E-state index is 6.02. The highest BCUT2D eigenvalue weighted by Crippen LogP contribution is 2.30. The molecule has 2 aromatic carbocycles. The summed E-state index contributed by atoms with van der Waals surface area (Å²) < 4.78 is 0.949. The molecule has 0 saturated carbocycles. The van der Waals surface area contributed by atoms with Crippen LogP contribution in [-0.2, 0) is 0 Å². The lowest BCUT2D eigenvalue weighted by Gasteiger charge is -2.18. The van der Waals surface area contributed by atoms with E-state index in [9.17, 15) is 0 Å². The predicted molar refractivity (Wildman–Crippen MR) is 79.8 cm³/mol. The van der Waals surface area contributed by atoms with Gasteiger partial charge in [-0.2, -0.15) is 0 Å². The van der Waals surface area contributed by atoms with Crippen molar-refractivity contribution in [2.45, 2.75) is 6.04 Å². The third-order valence-corrected chi connectivity index (χ3v) is 3.85. The van der Waals surface area contributed by atoms with Gasteiger partial charge in [0.1, 0.15) is 0 Å². The van der Waals surface area contributed by atoms with E-state index in [0.29, 0.717) is 10.0 Å². The minimum atomic E-state index is -0.143. The molecule has 0 radical (unpaired) electrons. The third-order valence-electron chi connectivity index (χ3n) is 2.64. The smallest absolute Gasteiger partial charge is 0.0721 e. The van der Waals surface area contributed by atoms with Crippen LogP contribution in [0.15, 0.2) is 46.9 Å². The second-order valence-corrected chi connectivity index (χ2v) is 5.54. The van der Waals surface area contributed by atoms with Crippen molar-refractivity contribution in [3.63, 3.8) is 0 Å². The minimum Gasteiger partial charge on any atom is -0.271 e. The Morgan fingerprint density at radius 2 is 1.61 bits per heavy atom. The summed E-state index contributed by atoms with van der Waals surface area (Å²) in [6, 6.07) is 13.0. The third kappa shape index (κ3) is 3.05. The summed E-state index contributed by atoms with van der Waals surface area (Å²) in [5, 5.41) is 1.36. The van der Waals surface area contributed by atoms with Crippen molar-refractivity contribution in [1.29, 1.82) is 0 Å². The Balaban J connectivity index is 2.44. The van der Waals surface area contributed by atoms with Crippen molar-refractivity contribution in [3.05, 3.63) is 68.1 Å². The second-order valence-electron chi connectivity index (χ2n) is 3.82. The first kappa shape index (κ1) is 13.8. The highest BCUT2D eigenvalue weighted by atomic mass is 79.9. The molecule has 0 saturated heterocycles. The number of hydrazine groups is 1. The van der Waals surface area contributed by atoms with Crippen molar-refractivity contribution < 1.29 is 0 Å². The Bertz CT molecular complexity index is 543. The Kier molecular flexibility index (Phi) is 4.65. The summed E-state index contributed by atoms with van der Waals surface area (Å²) in [7, 11) is 0. The topological polar surface area (TPSA) is 38.0 Å². The summed E-state index contributed by atoms with van der Waals surface area (Å²) >= 11 is 15.4. The van der Waals surface area contributed by atoms with Gasteiger partial charge >= 0.3 is 0 Å². The van der Waals surface area contributed by atoms with E-state index < -0.39 is 0 Å². The quantitative estimate of drug-likeness (QED) is 0.642. The molecule has 18 heavy (non-hydrogen) atoms. The van der Waals surface area contributed by atoms with Crippen LogP contribution in [0, 0.1) is 0 Å². The van der Waals surface area contributed by atoms with Gasteiger partial charge in [0.15, 0.2) is 0 Å². The van der Waals surface area contributed by atoms with Gasteiger partial charge in [-0.15, -0.1) is 0 Å². The van der Waals surface area contributed by atoms with Crippen molar-refractivity contribution >= 4 is 39.1 Å². The fourth-order valence-corrected chi connectivity index (χ4v) is 2.54. The SMILES string of the molecule is NNC(c1ccc(Cl)cc1)c1cc(Cl)ccc1Br. The van der Waals surface area contributed by atoms with Crippen LogP contribution in [0.3, 0.4) is 0 Å². The molecular formula is C13H11BrCl2N2. The number of nitrogens with two attached hydrogens (primary N) is 1.